The molecule has 6 heteroatoms. The molecule has 2 aromatic carbocycles. The van der Waals surface area contributed by atoms with Crippen LogP contribution in [0.1, 0.15) is 28.0 Å². The number of carbonyl (C=O) groups excluding carboxylic acids is 1. The van der Waals surface area contributed by atoms with Crippen LogP contribution in [0.4, 0.5) is 0 Å². The summed E-state index contributed by atoms with van der Waals surface area (Å²) < 4.78 is 5.62. The Bertz CT molecular complexity index is 1020. The lowest BCUT2D eigenvalue weighted by molar-refractivity contribution is -0.141. The predicted molar refractivity (Wildman–Crippen MR) is 93.9 cm³/mol. The molecule has 0 bridgehead atoms. The van der Waals surface area contributed by atoms with Crippen molar-refractivity contribution in [2.75, 3.05) is 0 Å². The molecule has 1 aromatic heterocycles. The predicted octanol–water partition coefficient (Wildman–Crippen LogP) is 3.22. The van der Waals surface area contributed by atoms with Gasteiger partial charge in [0.1, 0.15) is 5.75 Å². The fourth-order valence-electron chi connectivity index (χ4n) is 3.78. The Morgan fingerprint density at radius 1 is 0.920 bits per heavy atom. The molecule has 0 saturated carbocycles. The van der Waals surface area contributed by atoms with E-state index in [9.17, 15) is 9.59 Å². The van der Waals surface area contributed by atoms with Gasteiger partial charge in [-0.2, -0.15) is 0 Å². The molecule has 124 valence electrons. The maximum absolute atomic E-state index is 12.9. The second-order valence-electron chi connectivity index (χ2n) is 6.23. The summed E-state index contributed by atoms with van der Waals surface area (Å²) in [5.41, 5.74) is 2.51. The Labute approximate surface area is 147 Å². The van der Waals surface area contributed by atoms with Gasteiger partial charge in [-0.3, -0.25) is 4.79 Å². The third kappa shape index (κ3) is 2.17. The van der Waals surface area contributed by atoms with E-state index < -0.39 is 0 Å². The number of nitrogens with one attached hydrogen (secondary N) is 2. The van der Waals surface area contributed by atoms with Gasteiger partial charge in [-0.1, -0.05) is 60.3 Å². The highest BCUT2D eigenvalue weighted by Crippen LogP contribution is 2.57. The zero-order valence-corrected chi connectivity index (χ0v) is 13.9. The van der Waals surface area contributed by atoms with Crippen molar-refractivity contribution in [1.29, 1.82) is 0 Å². The lowest BCUT2D eigenvalue weighted by Gasteiger charge is -2.39. The lowest BCUT2D eigenvalue weighted by Crippen LogP contribution is -2.38. The number of ether oxygens (including phenoxy) is 1. The molecule has 2 aliphatic rings. The van der Waals surface area contributed by atoms with E-state index in [1.54, 1.807) is 6.07 Å². The fourth-order valence-corrected chi connectivity index (χ4v) is 5.20. The van der Waals surface area contributed by atoms with Crippen molar-refractivity contribution in [3.05, 3.63) is 81.9 Å². The third-order valence-corrected chi connectivity index (χ3v) is 6.20. The average Bonchev–Trinajstić information content (AvgIpc) is 3.01. The minimum Gasteiger partial charge on any atom is -0.426 e. The maximum Gasteiger partial charge on any atom is 0.323 e. The first-order valence-electron chi connectivity index (χ1n) is 8.07. The molecular weight excluding hydrogens is 336 g/mol. The van der Waals surface area contributed by atoms with Gasteiger partial charge in [-0.25, -0.2) is 4.79 Å². The number of esters is 1. The van der Waals surface area contributed by atoms with E-state index in [4.69, 9.17) is 4.74 Å². The molecule has 0 radical (unpaired) electrons. The van der Waals surface area contributed by atoms with Gasteiger partial charge in [-0.15, -0.1) is 0 Å². The van der Waals surface area contributed by atoms with Crippen molar-refractivity contribution < 1.29 is 9.53 Å². The maximum atomic E-state index is 12.9. The van der Waals surface area contributed by atoms with Gasteiger partial charge < -0.3 is 14.7 Å². The number of aromatic nitrogens is 2. The van der Waals surface area contributed by atoms with E-state index in [-0.39, 0.29) is 28.7 Å². The van der Waals surface area contributed by atoms with E-state index in [1.807, 2.05) is 48.5 Å². The van der Waals surface area contributed by atoms with Crippen molar-refractivity contribution >= 4 is 17.7 Å². The van der Waals surface area contributed by atoms with Crippen LogP contribution in [0, 0.1) is 5.92 Å². The molecule has 25 heavy (non-hydrogen) atoms. The van der Waals surface area contributed by atoms with E-state index in [0.717, 1.165) is 21.8 Å². The first-order valence-corrected chi connectivity index (χ1v) is 8.95. The normalized spacial score (nSPS) is 24.0. The number of hydrogen-bond donors (Lipinski definition) is 2. The summed E-state index contributed by atoms with van der Waals surface area (Å²) in [4.78, 5) is 30.5. The first-order chi connectivity index (χ1) is 12.2. The van der Waals surface area contributed by atoms with Gasteiger partial charge in [0.15, 0.2) is 0 Å². The van der Waals surface area contributed by atoms with Crippen molar-refractivity contribution in [3.63, 3.8) is 0 Å². The van der Waals surface area contributed by atoms with Crippen LogP contribution in [0.25, 0.3) is 0 Å². The smallest absolute Gasteiger partial charge is 0.323 e. The molecule has 5 nitrogen and oxygen atoms in total. The number of hydrogen-bond acceptors (Lipinski definition) is 4. The Morgan fingerprint density at radius 2 is 1.68 bits per heavy atom. The van der Waals surface area contributed by atoms with Crippen LogP contribution < -0.4 is 10.4 Å². The summed E-state index contributed by atoms with van der Waals surface area (Å²) in [5.74, 6) is -0.294. The number of fused-ring (bicyclic) bond motifs is 5. The number of carbonyl (C=O) groups is 1. The molecule has 2 aliphatic heterocycles. The number of thioether (sulfide) groups is 1. The monoisotopic (exact) mass is 350 g/mol. The number of aromatic amines is 2. The summed E-state index contributed by atoms with van der Waals surface area (Å²) in [6.45, 7) is 0. The first kappa shape index (κ1) is 14.6. The SMILES string of the molecule is O=C1Oc2ccccc2[C@@H]2c3[nH]c(=O)[nH]c3S[C@H](c3ccccc3)[C@@H]12. The molecule has 3 heterocycles. The lowest BCUT2D eigenvalue weighted by atomic mass is 9.77. The summed E-state index contributed by atoms with van der Waals surface area (Å²) in [7, 11) is 0. The van der Waals surface area contributed by atoms with Crippen molar-refractivity contribution in [1.82, 2.24) is 9.97 Å². The number of imidazole rings is 1. The fraction of sp³-hybridized carbons (Fsp3) is 0.158. The van der Waals surface area contributed by atoms with Gasteiger partial charge in [0.25, 0.3) is 0 Å². The summed E-state index contributed by atoms with van der Waals surface area (Å²) >= 11 is 1.51. The van der Waals surface area contributed by atoms with Crippen LogP contribution >= 0.6 is 11.8 Å². The van der Waals surface area contributed by atoms with Crippen LogP contribution in [0.5, 0.6) is 5.75 Å². The van der Waals surface area contributed by atoms with Crippen LogP contribution in [-0.4, -0.2) is 15.9 Å². The molecule has 0 amide bonds. The molecule has 3 atom stereocenters. The minimum absolute atomic E-state index is 0.119. The molecule has 0 spiro atoms. The summed E-state index contributed by atoms with van der Waals surface area (Å²) in [5, 5.41) is 0.676. The van der Waals surface area contributed by atoms with Crippen molar-refractivity contribution in [2.45, 2.75) is 16.2 Å². The summed E-state index contributed by atoms with van der Waals surface area (Å²) in [6, 6.07) is 17.4. The topological polar surface area (TPSA) is 75.0 Å². The number of para-hydroxylation sites is 1. The van der Waals surface area contributed by atoms with Crippen molar-refractivity contribution in [3.8, 4) is 5.75 Å². The minimum atomic E-state index is -0.388. The second-order valence-corrected chi connectivity index (χ2v) is 7.39. The average molecular weight is 350 g/mol. The Balaban J connectivity index is 1.75. The molecule has 0 saturated heterocycles. The van der Waals surface area contributed by atoms with Crippen LogP contribution in [0.2, 0.25) is 0 Å². The number of benzene rings is 2. The molecule has 2 N–H and O–H groups in total. The molecule has 5 rings (SSSR count). The highest BCUT2D eigenvalue weighted by Gasteiger charge is 2.49. The number of H-pyrrole nitrogens is 2. The Morgan fingerprint density at radius 3 is 2.52 bits per heavy atom. The van der Waals surface area contributed by atoms with Gasteiger partial charge in [0.2, 0.25) is 0 Å². The van der Waals surface area contributed by atoms with E-state index in [0.29, 0.717) is 5.75 Å². The highest BCUT2D eigenvalue weighted by atomic mass is 32.2. The molecule has 3 aromatic rings. The second kappa shape index (κ2) is 5.39. The number of rotatable bonds is 1. The molecule has 0 unspecified atom stereocenters. The largest absolute Gasteiger partial charge is 0.426 e. The zero-order valence-electron chi connectivity index (χ0n) is 13.1. The van der Waals surface area contributed by atoms with Crippen LogP contribution in [-0.2, 0) is 4.79 Å². The van der Waals surface area contributed by atoms with Gasteiger partial charge >= 0.3 is 11.7 Å². The van der Waals surface area contributed by atoms with E-state index in [2.05, 4.69) is 9.97 Å². The standard InChI is InChI=1S/C19H14N2O3S/c22-18-14-13(11-8-4-5-9-12(11)24-18)15-17(21-19(23)20-15)25-16(14)10-6-2-1-3-7-10/h1-9,13-14,16H,(H2,20,21,23)/t13-,14-,16+/m0/s1. The molecule has 0 aliphatic carbocycles. The highest BCUT2D eigenvalue weighted by molar-refractivity contribution is 7.99. The van der Waals surface area contributed by atoms with Crippen molar-refractivity contribution in [2.24, 2.45) is 5.92 Å². The van der Waals surface area contributed by atoms with Gasteiger partial charge in [-0.05, 0) is 11.6 Å². The third-order valence-electron chi connectivity index (χ3n) is 4.83. The summed E-state index contributed by atoms with van der Waals surface area (Å²) in [6.07, 6.45) is 0. The molecular formula is C19H14N2O3S. The van der Waals surface area contributed by atoms with E-state index in [1.165, 1.54) is 11.8 Å². The Hall–Kier alpha value is -2.73. The Kier molecular flexibility index (Phi) is 3.15. The zero-order chi connectivity index (χ0) is 17.0. The van der Waals surface area contributed by atoms with Crippen LogP contribution in [0.3, 0.4) is 0 Å². The van der Waals surface area contributed by atoms with E-state index >= 15 is 0 Å². The van der Waals surface area contributed by atoms with Gasteiger partial charge in [0, 0.05) is 11.5 Å². The van der Waals surface area contributed by atoms with Gasteiger partial charge in [0.05, 0.1) is 21.9 Å². The quantitative estimate of drug-likeness (QED) is 0.522. The molecule has 0 fully saturated rings. The van der Waals surface area contributed by atoms with Crippen LogP contribution in [0.15, 0.2) is 64.4 Å².